The second-order valence-corrected chi connectivity index (χ2v) is 8.34. The minimum Gasteiger partial charge on any atom is -0.287 e. The molecule has 126 valence electrons. The average Bonchev–Trinajstić information content (AvgIpc) is 2.55. The molecule has 2 aromatic rings. The van der Waals surface area contributed by atoms with Crippen LogP contribution in [0.15, 0.2) is 57.9 Å². The molecule has 0 aliphatic carbocycles. The van der Waals surface area contributed by atoms with Crippen LogP contribution in [-0.2, 0) is 16.4 Å². The van der Waals surface area contributed by atoms with Crippen LogP contribution in [0.4, 0.5) is 4.39 Å². The van der Waals surface area contributed by atoms with Gasteiger partial charge in [-0.15, -0.1) is 6.42 Å². The van der Waals surface area contributed by atoms with Crippen molar-refractivity contribution < 1.29 is 12.8 Å². The highest BCUT2D eigenvalue weighted by molar-refractivity contribution is 9.10. The van der Waals surface area contributed by atoms with Gasteiger partial charge >= 0.3 is 0 Å². The van der Waals surface area contributed by atoms with Crippen molar-refractivity contribution in [2.45, 2.75) is 11.4 Å². The number of hydrogen-bond donors (Lipinski definition) is 0. The first-order valence-corrected chi connectivity index (χ1v) is 9.74. The first kappa shape index (κ1) is 18.7. The van der Waals surface area contributed by atoms with Crippen molar-refractivity contribution >= 4 is 25.8 Å². The lowest BCUT2D eigenvalue weighted by Gasteiger charge is -2.20. The topological polar surface area (TPSA) is 37.4 Å². The predicted octanol–water partition coefficient (Wildman–Crippen LogP) is 3.50. The fourth-order valence-electron chi connectivity index (χ4n) is 2.20. The van der Waals surface area contributed by atoms with Gasteiger partial charge in [0.05, 0.1) is 17.2 Å². The highest BCUT2D eigenvalue weighted by atomic mass is 79.9. The molecular weight excluding hydrogens is 393 g/mol. The van der Waals surface area contributed by atoms with Gasteiger partial charge in [-0.1, -0.05) is 34.0 Å². The van der Waals surface area contributed by atoms with Crippen molar-refractivity contribution in [2.75, 3.05) is 18.8 Å². The average molecular weight is 410 g/mol. The second-order valence-electron chi connectivity index (χ2n) is 5.31. The third-order valence-electron chi connectivity index (χ3n) is 3.48. The van der Waals surface area contributed by atoms with E-state index in [0.717, 1.165) is 10.0 Å². The molecule has 0 aliphatic rings. The lowest BCUT2D eigenvalue weighted by Crippen LogP contribution is -2.29. The normalized spacial score (nSPS) is 11.4. The number of nitrogens with zero attached hydrogens (tertiary/aromatic N) is 1. The van der Waals surface area contributed by atoms with Crippen LogP contribution in [0.5, 0.6) is 0 Å². The summed E-state index contributed by atoms with van der Waals surface area (Å²) >= 11 is 3.29. The summed E-state index contributed by atoms with van der Waals surface area (Å²) in [5, 5.41) is 0. The van der Waals surface area contributed by atoms with Crippen molar-refractivity contribution in [3.8, 4) is 12.3 Å². The Hall–Kier alpha value is -1.68. The number of terminal acetylenes is 1. The fourth-order valence-corrected chi connectivity index (χ4v) is 3.75. The zero-order chi connectivity index (χ0) is 17.6. The molecule has 0 saturated carbocycles. The number of benzene rings is 2. The smallest absolute Gasteiger partial charge is 0.179 e. The van der Waals surface area contributed by atoms with Gasteiger partial charge in [0.2, 0.25) is 0 Å². The van der Waals surface area contributed by atoms with Crippen LogP contribution >= 0.6 is 15.9 Å². The molecule has 0 unspecified atom stereocenters. The molecule has 0 spiro atoms. The van der Waals surface area contributed by atoms with Crippen LogP contribution in [0.1, 0.15) is 5.56 Å². The number of sulfone groups is 1. The molecule has 0 aliphatic heterocycles. The summed E-state index contributed by atoms with van der Waals surface area (Å²) in [5.41, 5.74) is 0.882. The van der Waals surface area contributed by atoms with Gasteiger partial charge < -0.3 is 0 Å². The predicted molar refractivity (Wildman–Crippen MR) is 96.7 cm³/mol. The molecule has 3 nitrogen and oxygen atoms in total. The Kier molecular flexibility index (Phi) is 6.55. The van der Waals surface area contributed by atoms with E-state index in [2.05, 4.69) is 21.9 Å². The van der Waals surface area contributed by atoms with Gasteiger partial charge in [0.1, 0.15) is 5.82 Å². The quantitative estimate of drug-likeness (QED) is 0.656. The SMILES string of the molecule is C#CCN(CCS(=O)(=O)c1ccc(Br)cc1)Cc1ccc(F)cc1. The molecule has 2 aromatic carbocycles. The van der Waals surface area contributed by atoms with Gasteiger partial charge in [-0.25, -0.2) is 12.8 Å². The van der Waals surface area contributed by atoms with E-state index < -0.39 is 9.84 Å². The van der Waals surface area contributed by atoms with Gasteiger partial charge in [0.15, 0.2) is 9.84 Å². The van der Waals surface area contributed by atoms with E-state index in [1.165, 1.54) is 12.1 Å². The highest BCUT2D eigenvalue weighted by Crippen LogP contribution is 2.16. The molecule has 0 amide bonds. The molecule has 0 fully saturated rings. The van der Waals surface area contributed by atoms with Crippen LogP contribution in [0, 0.1) is 18.2 Å². The van der Waals surface area contributed by atoms with E-state index in [9.17, 15) is 12.8 Å². The zero-order valence-corrected chi connectivity index (χ0v) is 15.4. The Morgan fingerprint density at radius 3 is 2.29 bits per heavy atom. The van der Waals surface area contributed by atoms with Crippen LogP contribution < -0.4 is 0 Å². The molecule has 2 rings (SSSR count). The minimum atomic E-state index is -3.38. The Bertz CT molecular complexity index is 812. The van der Waals surface area contributed by atoms with E-state index in [4.69, 9.17) is 6.42 Å². The van der Waals surface area contributed by atoms with E-state index in [0.29, 0.717) is 19.6 Å². The third kappa shape index (κ3) is 5.45. The fraction of sp³-hybridized carbons (Fsp3) is 0.222. The lowest BCUT2D eigenvalue weighted by molar-refractivity contribution is 0.316. The number of rotatable bonds is 7. The summed E-state index contributed by atoms with van der Waals surface area (Å²) < 4.78 is 38.6. The second kappa shape index (κ2) is 8.43. The molecule has 24 heavy (non-hydrogen) atoms. The van der Waals surface area contributed by atoms with Crippen LogP contribution in [0.25, 0.3) is 0 Å². The van der Waals surface area contributed by atoms with Crippen molar-refractivity contribution in [1.82, 2.24) is 4.90 Å². The van der Waals surface area contributed by atoms with Crippen LogP contribution in [-0.4, -0.2) is 32.2 Å². The standard InChI is InChI=1S/C18H17BrFNO2S/c1-2-11-21(14-15-3-7-17(20)8-4-15)12-13-24(22,23)18-9-5-16(19)6-10-18/h1,3-10H,11-14H2. The van der Waals surface area contributed by atoms with Crippen molar-refractivity contribution in [3.63, 3.8) is 0 Å². The Balaban J connectivity index is 2.03. The number of halogens is 2. The Labute approximate surface area is 150 Å². The summed E-state index contributed by atoms with van der Waals surface area (Å²) in [6.07, 6.45) is 5.37. The van der Waals surface area contributed by atoms with E-state index in [1.807, 2.05) is 4.90 Å². The summed E-state index contributed by atoms with van der Waals surface area (Å²) in [6.45, 7) is 1.10. The summed E-state index contributed by atoms with van der Waals surface area (Å²) in [4.78, 5) is 2.14. The van der Waals surface area contributed by atoms with Gasteiger partial charge in [-0.05, 0) is 42.0 Å². The number of hydrogen-bond acceptors (Lipinski definition) is 3. The Morgan fingerprint density at radius 1 is 1.08 bits per heavy atom. The molecule has 0 aromatic heterocycles. The molecule has 6 heteroatoms. The van der Waals surface area contributed by atoms with Gasteiger partial charge in [0, 0.05) is 17.6 Å². The van der Waals surface area contributed by atoms with E-state index >= 15 is 0 Å². The van der Waals surface area contributed by atoms with Gasteiger partial charge in [-0.3, -0.25) is 4.90 Å². The highest BCUT2D eigenvalue weighted by Gasteiger charge is 2.16. The molecule has 0 N–H and O–H groups in total. The summed E-state index contributed by atoms with van der Waals surface area (Å²) in [6, 6.07) is 12.6. The maximum absolute atomic E-state index is 13.0. The summed E-state index contributed by atoms with van der Waals surface area (Å²) in [7, 11) is -3.38. The van der Waals surface area contributed by atoms with E-state index in [1.54, 1.807) is 36.4 Å². The molecule has 0 atom stereocenters. The molecule has 0 saturated heterocycles. The largest absolute Gasteiger partial charge is 0.287 e. The van der Waals surface area contributed by atoms with Gasteiger partial charge in [0.25, 0.3) is 0 Å². The first-order valence-electron chi connectivity index (χ1n) is 7.29. The molecule has 0 heterocycles. The maximum Gasteiger partial charge on any atom is 0.179 e. The Morgan fingerprint density at radius 2 is 1.71 bits per heavy atom. The van der Waals surface area contributed by atoms with Crippen LogP contribution in [0.3, 0.4) is 0 Å². The third-order valence-corrected chi connectivity index (χ3v) is 5.72. The van der Waals surface area contributed by atoms with Crippen molar-refractivity contribution in [1.29, 1.82) is 0 Å². The van der Waals surface area contributed by atoms with Crippen molar-refractivity contribution in [3.05, 3.63) is 64.4 Å². The van der Waals surface area contributed by atoms with Crippen LogP contribution in [0.2, 0.25) is 0 Å². The summed E-state index contributed by atoms with van der Waals surface area (Å²) in [5.74, 6) is 2.20. The minimum absolute atomic E-state index is 0.0303. The maximum atomic E-state index is 13.0. The molecule has 0 radical (unpaired) electrons. The van der Waals surface area contributed by atoms with Gasteiger partial charge in [-0.2, -0.15) is 0 Å². The van der Waals surface area contributed by atoms with Crippen molar-refractivity contribution in [2.24, 2.45) is 0 Å². The molecular formula is C18H17BrFNO2S. The zero-order valence-electron chi connectivity index (χ0n) is 13.0. The monoisotopic (exact) mass is 409 g/mol. The van der Waals surface area contributed by atoms with E-state index in [-0.39, 0.29) is 16.5 Å². The lowest BCUT2D eigenvalue weighted by atomic mass is 10.2. The molecule has 0 bridgehead atoms. The first-order chi connectivity index (χ1) is 11.4.